The summed E-state index contributed by atoms with van der Waals surface area (Å²) in [6.45, 7) is 11.1. The molecule has 0 unspecified atom stereocenters. The lowest BCUT2D eigenvalue weighted by Gasteiger charge is -2.25. The Balaban J connectivity index is -0.000000256. The first kappa shape index (κ1) is 91.6. The SMILES string of the molecule is C.C.CCCCCCCCC(=O)O[C@@H](C(=O)CCC[NH3+])[C@@H](OC(=O)CCCCCCCC)C(=O)NCC[NH3+].CCCCCCCCCCC(=O)O[C@@H](C(=O)CCC[NH3+])[C@@H](OC(=O)CCCCCCCCCC)C(=O)NCC[NH3+].[Cl-].[Cl-].[Cl-]. The van der Waals surface area contributed by atoms with Gasteiger partial charge in [-0.05, 0) is 25.7 Å². The Hall–Kier alpha value is -3.13. The molecule has 2 amide bonds. The van der Waals surface area contributed by atoms with Gasteiger partial charge in [0, 0.05) is 51.4 Å². The standard InChI is InChI=1S/C31H59N3O6.C27H51N3O6.2CH4.3ClH/c1-3-5-7-9-11-13-15-17-21-27(36)39-29(26(35)20-19-23-32)30(31(38)34-25-24-33)40-28(37)22-18-16-14-12-10-8-6-4-2;1-3-5-7-9-11-13-17-23(32)35-25(22(31)16-15-19-28)26(27(34)30-21-20-29)36-24(33)18-14-12-10-8-6-4-2;;;;;/h29-30H,3-25,32-33H2,1-2H3,(H,34,38);25-26H,3-21,28-29H2,1-2H3,(H,30,34);2*1H4;3*1H/p+1/t29-,30+;25-,26+;;;;;/m00...../s1. The molecule has 0 radical (unpaired) electrons. The molecule has 21 heteroatoms. The summed E-state index contributed by atoms with van der Waals surface area (Å²) in [7, 11) is 0. The van der Waals surface area contributed by atoms with Crippen LogP contribution in [0.15, 0.2) is 0 Å². The van der Waals surface area contributed by atoms with E-state index in [1.54, 1.807) is 0 Å². The molecular weight excluding hydrogens is 1100 g/mol. The number of carbonyl (C=O) groups excluding carboxylic acids is 8. The molecule has 0 saturated heterocycles. The summed E-state index contributed by atoms with van der Waals surface area (Å²) in [5.41, 5.74) is 14.9. The first-order valence-electron chi connectivity index (χ1n) is 30.4. The van der Waals surface area contributed by atoms with E-state index in [-0.39, 0.29) is 104 Å². The maximum Gasteiger partial charge on any atom is 0.306 e. The molecule has 0 heterocycles. The number of hydrogen-bond donors (Lipinski definition) is 6. The first-order chi connectivity index (χ1) is 36.8. The number of quaternary nitrogens is 4. The van der Waals surface area contributed by atoms with Crippen LogP contribution in [0.4, 0.5) is 0 Å². The van der Waals surface area contributed by atoms with Crippen molar-refractivity contribution < 1.29 is 117 Å². The molecule has 0 aliphatic heterocycles. The summed E-state index contributed by atoms with van der Waals surface area (Å²) in [6.07, 6.45) is 25.2. The third-order valence-corrected chi connectivity index (χ3v) is 13.0. The summed E-state index contributed by atoms with van der Waals surface area (Å²) in [4.78, 5) is 102. The van der Waals surface area contributed by atoms with Gasteiger partial charge in [0.2, 0.25) is 24.4 Å². The highest BCUT2D eigenvalue weighted by Gasteiger charge is 2.41. The van der Waals surface area contributed by atoms with Crippen molar-refractivity contribution in [1.29, 1.82) is 0 Å². The lowest BCUT2D eigenvalue weighted by atomic mass is 10.0. The lowest BCUT2D eigenvalue weighted by Crippen LogP contribution is -3.00. The van der Waals surface area contributed by atoms with Gasteiger partial charge in [-0.2, -0.15) is 0 Å². The number of esters is 4. The molecule has 4 atom stereocenters. The van der Waals surface area contributed by atoms with Crippen molar-refractivity contribution in [3.8, 4) is 0 Å². The smallest absolute Gasteiger partial charge is 0.306 e. The zero-order chi connectivity index (χ0) is 56.9. The number of unbranched alkanes of at least 4 members (excludes halogenated alkanes) is 24. The number of amides is 2. The van der Waals surface area contributed by atoms with Crippen LogP contribution in [0.3, 0.4) is 0 Å². The second-order valence-corrected chi connectivity index (χ2v) is 20.3. The van der Waals surface area contributed by atoms with Gasteiger partial charge in [0.05, 0.1) is 39.3 Å². The highest BCUT2D eigenvalue weighted by molar-refractivity contribution is 5.95. The van der Waals surface area contributed by atoms with Gasteiger partial charge in [0.1, 0.15) is 0 Å². The summed E-state index contributed by atoms with van der Waals surface area (Å²) >= 11 is 0. The fraction of sp³-hybridized carbons (Fsp3) is 0.867. The molecule has 0 aliphatic rings. The average Bonchev–Trinajstić information content (AvgIpc) is 3.41. The van der Waals surface area contributed by atoms with Gasteiger partial charge < -0.3 is 89.7 Å². The monoisotopic (exact) mass is 1220 g/mol. The Morgan fingerprint density at radius 1 is 0.296 bits per heavy atom. The summed E-state index contributed by atoms with van der Waals surface area (Å²) in [5.74, 6) is -4.37. The summed E-state index contributed by atoms with van der Waals surface area (Å²) in [6, 6.07) is 0. The molecule has 484 valence electrons. The molecule has 0 saturated carbocycles. The van der Waals surface area contributed by atoms with Gasteiger partial charge in [-0.25, -0.2) is 0 Å². The van der Waals surface area contributed by atoms with Gasteiger partial charge in [0.25, 0.3) is 11.8 Å². The van der Waals surface area contributed by atoms with Crippen LogP contribution in [-0.4, -0.2) is 111 Å². The zero-order valence-electron chi connectivity index (χ0n) is 49.9. The molecule has 0 spiro atoms. The molecule has 0 rings (SSSR count). The minimum absolute atomic E-state index is 0. The second-order valence-electron chi connectivity index (χ2n) is 20.3. The number of ketones is 2. The van der Waals surface area contributed by atoms with Gasteiger partial charge in [-0.3, -0.25) is 38.4 Å². The lowest BCUT2D eigenvalue weighted by molar-refractivity contribution is -0.368. The van der Waals surface area contributed by atoms with Crippen molar-refractivity contribution in [1.82, 2.24) is 10.6 Å². The molecule has 0 bridgehead atoms. The predicted molar refractivity (Wildman–Crippen MR) is 309 cm³/mol. The van der Waals surface area contributed by atoms with Crippen molar-refractivity contribution in [3.63, 3.8) is 0 Å². The quantitative estimate of drug-likeness (QED) is 0.0227. The van der Waals surface area contributed by atoms with Crippen LogP contribution in [-0.2, 0) is 57.3 Å². The second kappa shape index (κ2) is 67.7. The minimum Gasteiger partial charge on any atom is -1.00 e. The van der Waals surface area contributed by atoms with E-state index in [2.05, 4.69) is 61.3 Å². The van der Waals surface area contributed by atoms with Crippen molar-refractivity contribution in [2.45, 2.75) is 298 Å². The molecule has 0 aliphatic carbocycles. The van der Waals surface area contributed by atoms with Crippen LogP contribution in [0, 0.1) is 0 Å². The van der Waals surface area contributed by atoms with Gasteiger partial charge in [0.15, 0.2) is 11.6 Å². The minimum atomic E-state index is -1.51. The van der Waals surface area contributed by atoms with Gasteiger partial charge >= 0.3 is 23.9 Å². The normalized spacial score (nSPS) is 11.8. The Morgan fingerprint density at radius 2 is 0.506 bits per heavy atom. The molecule has 18 nitrogen and oxygen atoms in total. The summed E-state index contributed by atoms with van der Waals surface area (Å²) in [5, 5.41) is 5.28. The number of nitrogens with one attached hydrogen (secondary N) is 2. The third-order valence-electron chi connectivity index (χ3n) is 13.0. The van der Waals surface area contributed by atoms with Crippen LogP contribution in [0.5, 0.6) is 0 Å². The molecule has 0 aromatic heterocycles. The molecule has 14 N–H and O–H groups in total. The van der Waals surface area contributed by atoms with Crippen LogP contribution in [0.1, 0.15) is 274 Å². The molecule has 0 aromatic carbocycles. The van der Waals surface area contributed by atoms with Crippen molar-refractivity contribution in [2.75, 3.05) is 39.3 Å². The average molecular weight is 1230 g/mol. The Labute approximate surface area is 510 Å². The largest absolute Gasteiger partial charge is 1.00 e. The van der Waals surface area contributed by atoms with Crippen LogP contribution in [0.25, 0.3) is 0 Å². The van der Waals surface area contributed by atoms with E-state index in [1.807, 2.05) is 0 Å². The first-order valence-corrected chi connectivity index (χ1v) is 30.4. The van der Waals surface area contributed by atoms with Crippen molar-refractivity contribution in [3.05, 3.63) is 0 Å². The van der Waals surface area contributed by atoms with Crippen molar-refractivity contribution >= 4 is 47.3 Å². The highest BCUT2D eigenvalue weighted by Crippen LogP contribution is 2.19. The fourth-order valence-corrected chi connectivity index (χ4v) is 8.31. The third kappa shape index (κ3) is 54.6. The number of hydrogen-bond acceptors (Lipinski definition) is 12. The van der Waals surface area contributed by atoms with Crippen LogP contribution in [0.2, 0.25) is 0 Å². The molecule has 0 fully saturated rings. The zero-order valence-corrected chi connectivity index (χ0v) is 52.1. The topological polar surface area (TPSA) is 308 Å². The Morgan fingerprint density at radius 3 is 0.716 bits per heavy atom. The van der Waals surface area contributed by atoms with Gasteiger partial charge in [-0.15, -0.1) is 0 Å². The Bertz CT molecular complexity index is 1410. The van der Waals surface area contributed by atoms with Gasteiger partial charge in [-0.1, -0.05) is 197 Å². The van der Waals surface area contributed by atoms with Crippen LogP contribution < -0.4 is 70.8 Å². The number of ether oxygens (including phenoxy) is 4. The fourth-order valence-electron chi connectivity index (χ4n) is 8.31. The van der Waals surface area contributed by atoms with E-state index in [1.165, 1.54) is 64.2 Å². The summed E-state index contributed by atoms with van der Waals surface area (Å²) < 4.78 is 22.1. The maximum absolute atomic E-state index is 13.1. The van der Waals surface area contributed by atoms with E-state index >= 15 is 0 Å². The number of rotatable bonds is 52. The molecular formula is C60H122Cl3N6O12+. The maximum atomic E-state index is 13.1. The predicted octanol–water partition coefficient (Wildman–Crippen LogP) is -1.63. The van der Waals surface area contributed by atoms with E-state index < -0.39 is 71.7 Å². The van der Waals surface area contributed by atoms with E-state index in [0.29, 0.717) is 64.7 Å². The number of halogens is 3. The van der Waals surface area contributed by atoms with E-state index in [0.717, 1.165) is 89.9 Å². The van der Waals surface area contributed by atoms with E-state index in [4.69, 9.17) is 18.9 Å². The van der Waals surface area contributed by atoms with Crippen molar-refractivity contribution in [2.24, 2.45) is 0 Å². The number of Topliss-reactive ketones (excluding diaryl/α,β-unsaturated/α-hetero) is 2. The van der Waals surface area contributed by atoms with Crippen LogP contribution >= 0.6 is 0 Å². The highest BCUT2D eigenvalue weighted by atomic mass is 35.5. The molecule has 81 heavy (non-hydrogen) atoms. The number of carbonyl (C=O) groups is 8. The molecule has 0 aromatic rings. The van der Waals surface area contributed by atoms with E-state index in [9.17, 15) is 38.4 Å². The Kier molecular flexibility index (Phi) is 76.5.